The SMILES string of the molecule is O=C(/C=C/c1ccccc1Cl)N1CCCN(C(=O)C(F)(F)F)CC1. The number of amides is 2. The summed E-state index contributed by atoms with van der Waals surface area (Å²) in [7, 11) is 0. The Balaban J connectivity index is 1.97. The van der Waals surface area contributed by atoms with Gasteiger partial charge in [0.05, 0.1) is 0 Å². The molecule has 1 fully saturated rings. The third-order valence-electron chi connectivity index (χ3n) is 3.65. The third-order valence-corrected chi connectivity index (χ3v) is 3.99. The number of benzene rings is 1. The maximum atomic E-state index is 12.5. The number of halogens is 4. The van der Waals surface area contributed by atoms with Gasteiger partial charge in [0.15, 0.2) is 0 Å². The summed E-state index contributed by atoms with van der Waals surface area (Å²) in [6.07, 6.45) is -1.69. The Labute approximate surface area is 142 Å². The van der Waals surface area contributed by atoms with Crippen molar-refractivity contribution in [3.8, 4) is 0 Å². The van der Waals surface area contributed by atoms with Crippen LogP contribution in [0.25, 0.3) is 6.08 Å². The van der Waals surface area contributed by atoms with Crippen LogP contribution in [0.5, 0.6) is 0 Å². The van der Waals surface area contributed by atoms with Crippen molar-refractivity contribution in [3.05, 3.63) is 40.9 Å². The molecule has 1 heterocycles. The maximum Gasteiger partial charge on any atom is 0.471 e. The zero-order chi connectivity index (χ0) is 17.7. The van der Waals surface area contributed by atoms with E-state index in [0.717, 1.165) is 4.90 Å². The van der Waals surface area contributed by atoms with Crippen LogP contribution >= 0.6 is 11.6 Å². The number of rotatable bonds is 2. The predicted octanol–water partition coefficient (Wildman–Crippen LogP) is 2.98. The molecule has 0 radical (unpaired) electrons. The number of hydrogen-bond donors (Lipinski definition) is 0. The average Bonchev–Trinajstić information content (AvgIpc) is 2.78. The highest BCUT2D eigenvalue weighted by atomic mass is 35.5. The van der Waals surface area contributed by atoms with Gasteiger partial charge in [-0.2, -0.15) is 13.2 Å². The number of carbonyl (C=O) groups is 2. The fraction of sp³-hybridized carbons (Fsp3) is 0.375. The first-order valence-electron chi connectivity index (χ1n) is 7.36. The van der Waals surface area contributed by atoms with Crippen LogP contribution in [-0.4, -0.2) is 54.0 Å². The van der Waals surface area contributed by atoms with Crippen LogP contribution in [0, 0.1) is 0 Å². The first kappa shape index (κ1) is 18.3. The van der Waals surface area contributed by atoms with Gasteiger partial charge in [-0.05, 0) is 24.1 Å². The molecule has 0 N–H and O–H groups in total. The molecule has 0 saturated carbocycles. The van der Waals surface area contributed by atoms with E-state index in [0.29, 0.717) is 23.6 Å². The lowest BCUT2D eigenvalue weighted by Gasteiger charge is -2.22. The minimum absolute atomic E-state index is 0.0175. The number of carbonyl (C=O) groups excluding carboxylic acids is 2. The molecule has 2 rings (SSSR count). The lowest BCUT2D eigenvalue weighted by Crippen LogP contribution is -2.43. The molecule has 1 saturated heterocycles. The Bertz CT molecular complexity index is 646. The molecule has 0 spiro atoms. The van der Waals surface area contributed by atoms with Crippen molar-refractivity contribution in [2.24, 2.45) is 0 Å². The van der Waals surface area contributed by atoms with Crippen molar-refractivity contribution in [2.75, 3.05) is 26.2 Å². The zero-order valence-electron chi connectivity index (χ0n) is 12.7. The molecule has 2 amide bonds. The van der Waals surface area contributed by atoms with Crippen LogP contribution in [0.15, 0.2) is 30.3 Å². The minimum Gasteiger partial charge on any atom is -0.337 e. The lowest BCUT2D eigenvalue weighted by molar-refractivity contribution is -0.185. The van der Waals surface area contributed by atoms with Crippen LogP contribution in [0.3, 0.4) is 0 Å². The van der Waals surface area contributed by atoms with Gasteiger partial charge in [0.1, 0.15) is 0 Å². The molecule has 0 aliphatic carbocycles. The summed E-state index contributed by atoms with van der Waals surface area (Å²) in [5, 5.41) is 0.499. The molecule has 1 aliphatic rings. The van der Waals surface area contributed by atoms with Gasteiger partial charge in [0.2, 0.25) is 5.91 Å². The van der Waals surface area contributed by atoms with E-state index in [-0.39, 0.29) is 25.5 Å². The van der Waals surface area contributed by atoms with Crippen LogP contribution in [0.2, 0.25) is 5.02 Å². The van der Waals surface area contributed by atoms with Gasteiger partial charge >= 0.3 is 12.1 Å². The summed E-state index contributed by atoms with van der Waals surface area (Å²) in [6, 6.07) is 6.99. The Morgan fingerprint density at radius 3 is 2.33 bits per heavy atom. The number of alkyl halides is 3. The first-order chi connectivity index (χ1) is 11.3. The molecule has 4 nitrogen and oxygen atoms in total. The van der Waals surface area contributed by atoms with Gasteiger partial charge in [-0.25, -0.2) is 0 Å². The first-order valence-corrected chi connectivity index (χ1v) is 7.74. The van der Waals surface area contributed by atoms with E-state index in [1.165, 1.54) is 11.0 Å². The van der Waals surface area contributed by atoms with Gasteiger partial charge in [-0.3, -0.25) is 9.59 Å². The van der Waals surface area contributed by atoms with E-state index in [9.17, 15) is 22.8 Å². The van der Waals surface area contributed by atoms with E-state index < -0.39 is 12.1 Å². The molecule has 0 aromatic heterocycles. The van der Waals surface area contributed by atoms with Gasteiger partial charge < -0.3 is 9.80 Å². The Kier molecular flexibility index (Phi) is 5.88. The van der Waals surface area contributed by atoms with Crippen molar-refractivity contribution in [1.29, 1.82) is 0 Å². The van der Waals surface area contributed by atoms with Crippen molar-refractivity contribution >= 4 is 29.5 Å². The summed E-state index contributed by atoms with van der Waals surface area (Å²) in [6.45, 7) is 0.210. The van der Waals surface area contributed by atoms with Crippen LogP contribution in [0.4, 0.5) is 13.2 Å². The van der Waals surface area contributed by atoms with E-state index in [1.54, 1.807) is 30.3 Å². The van der Waals surface area contributed by atoms with Crippen LogP contribution in [0.1, 0.15) is 12.0 Å². The normalized spacial score (nSPS) is 16.3. The van der Waals surface area contributed by atoms with E-state index >= 15 is 0 Å². The summed E-state index contributed by atoms with van der Waals surface area (Å²) >= 11 is 5.99. The molecule has 0 atom stereocenters. The predicted molar refractivity (Wildman–Crippen MR) is 84.3 cm³/mol. The van der Waals surface area contributed by atoms with Crippen LogP contribution in [-0.2, 0) is 9.59 Å². The van der Waals surface area contributed by atoms with Crippen molar-refractivity contribution < 1.29 is 22.8 Å². The Morgan fingerprint density at radius 1 is 1.04 bits per heavy atom. The second-order valence-corrected chi connectivity index (χ2v) is 5.73. The second-order valence-electron chi connectivity index (χ2n) is 5.32. The summed E-state index contributed by atoms with van der Waals surface area (Å²) in [5.41, 5.74) is 0.677. The van der Waals surface area contributed by atoms with Crippen molar-refractivity contribution in [1.82, 2.24) is 9.80 Å². The molecule has 0 unspecified atom stereocenters. The minimum atomic E-state index is -4.89. The van der Waals surface area contributed by atoms with E-state index in [2.05, 4.69) is 0 Å². The fourth-order valence-corrected chi connectivity index (χ4v) is 2.60. The van der Waals surface area contributed by atoms with Crippen LogP contribution < -0.4 is 0 Å². The third kappa shape index (κ3) is 4.74. The van der Waals surface area contributed by atoms with Gasteiger partial charge in [0, 0.05) is 37.3 Å². The molecule has 0 bridgehead atoms. The van der Waals surface area contributed by atoms with Gasteiger partial charge in [-0.15, -0.1) is 0 Å². The smallest absolute Gasteiger partial charge is 0.337 e. The molecular formula is C16H16ClF3N2O2. The summed E-state index contributed by atoms with van der Waals surface area (Å²) in [4.78, 5) is 25.6. The standard InChI is InChI=1S/C16H16ClF3N2O2/c17-13-5-2-1-4-12(13)6-7-14(23)21-8-3-9-22(11-10-21)15(24)16(18,19)20/h1-2,4-7H,3,8-11H2/b7-6+. The monoisotopic (exact) mass is 360 g/mol. The molecular weight excluding hydrogens is 345 g/mol. The highest BCUT2D eigenvalue weighted by molar-refractivity contribution is 6.32. The van der Waals surface area contributed by atoms with E-state index in [1.807, 2.05) is 0 Å². The molecule has 8 heteroatoms. The number of nitrogens with zero attached hydrogens (tertiary/aromatic N) is 2. The summed E-state index contributed by atoms with van der Waals surface area (Å²) in [5.74, 6) is -2.18. The average molecular weight is 361 g/mol. The van der Waals surface area contributed by atoms with Gasteiger partial charge in [0.25, 0.3) is 0 Å². The number of hydrogen-bond acceptors (Lipinski definition) is 2. The van der Waals surface area contributed by atoms with Crippen molar-refractivity contribution in [3.63, 3.8) is 0 Å². The second kappa shape index (κ2) is 7.70. The van der Waals surface area contributed by atoms with E-state index in [4.69, 9.17) is 11.6 Å². The zero-order valence-corrected chi connectivity index (χ0v) is 13.5. The Morgan fingerprint density at radius 2 is 1.67 bits per heavy atom. The van der Waals surface area contributed by atoms with Crippen molar-refractivity contribution in [2.45, 2.75) is 12.6 Å². The highest BCUT2D eigenvalue weighted by Crippen LogP contribution is 2.20. The highest BCUT2D eigenvalue weighted by Gasteiger charge is 2.42. The Hall–Kier alpha value is -2.02. The molecule has 24 heavy (non-hydrogen) atoms. The fourth-order valence-electron chi connectivity index (χ4n) is 2.40. The largest absolute Gasteiger partial charge is 0.471 e. The van der Waals surface area contributed by atoms with Gasteiger partial charge in [-0.1, -0.05) is 29.8 Å². The summed E-state index contributed by atoms with van der Waals surface area (Å²) < 4.78 is 37.4. The molecule has 130 valence electrons. The molecule has 1 aromatic carbocycles. The topological polar surface area (TPSA) is 40.6 Å². The molecule has 1 aromatic rings. The quantitative estimate of drug-likeness (QED) is 0.761. The molecule has 1 aliphatic heterocycles. The lowest BCUT2D eigenvalue weighted by atomic mass is 10.2. The maximum absolute atomic E-state index is 12.5.